The minimum Gasteiger partial charge on any atom is -0.378 e. The zero-order valence-electron chi connectivity index (χ0n) is 10.4. The highest BCUT2D eigenvalue weighted by Crippen LogP contribution is 2.15. The van der Waals surface area contributed by atoms with E-state index in [1.54, 1.807) is 0 Å². The summed E-state index contributed by atoms with van der Waals surface area (Å²) in [5.41, 5.74) is 0.793. The van der Waals surface area contributed by atoms with Gasteiger partial charge in [-0.15, -0.1) is 0 Å². The molecule has 1 aliphatic rings. The molecule has 0 aromatic heterocycles. The number of ether oxygens (including phenoxy) is 1. The van der Waals surface area contributed by atoms with Crippen molar-refractivity contribution < 1.29 is 4.74 Å². The molecule has 102 valence electrons. The molecule has 0 amide bonds. The topological polar surface area (TPSA) is 84.2 Å². The van der Waals surface area contributed by atoms with Gasteiger partial charge < -0.3 is 15.0 Å². The molecular formula is C12H16BrN5O. The lowest BCUT2D eigenvalue weighted by molar-refractivity contribution is 0.0667. The number of nitrogens with one attached hydrogen (secondary N) is 4. The van der Waals surface area contributed by atoms with Gasteiger partial charge in [0.2, 0.25) is 0 Å². The van der Waals surface area contributed by atoms with Crippen molar-refractivity contribution in [3.63, 3.8) is 0 Å². The molecule has 1 fully saturated rings. The molecule has 0 radical (unpaired) electrons. The highest BCUT2D eigenvalue weighted by Gasteiger charge is 2.14. The first-order valence-electron chi connectivity index (χ1n) is 5.94. The van der Waals surface area contributed by atoms with Crippen LogP contribution in [-0.2, 0) is 4.74 Å². The molecule has 1 saturated heterocycles. The van der Waals surface area contributed by atoms with Crippen LogP contribution in [0.15, 0.2) is 28.7 Å². The summed E-state index contributed by atoms with van der Waals surface area (Å²) >= 11 is 3.37. The van der Waals surface area contributed by atoms with Gasteiger partial charge in [0.15, 0.2) is 11.9 Å². The van der Waals surface area contributed by atoms with Gasteiger partial charge in [-0.05, 0) is 18.2 Å². The van der Waals surface area contributed by atoms with Crippen molar-refractivity contribution in [1.82, 2.24) is 10.2 Å². The molecule has 0 atom stereocenters. The van der Waals surface area contributed by atoms with Crippen LogP contribution in [-0.4, -0.2) is 43.1 Å². The number of nitrogens with zero attached hydrogens (tertiary/aromatic N) is 1. The van der Waals surface area contributed by atoms with Gasteiger partial charge in [-0.3, -0.25) is 16.1 Å². The highest BCUT2D eigenvalue weighted by molar-refractivity contribution is 9.10. The third-order valence-electron chi connectivity index (χ3n) is 2.66. The Bertz CT molecular complexity index is 473. The van der Waals surface area contributed by atoms with Crippen LogP contribution in [0.4, 0.5) is 5.69 Å². The highest BCUT2D eigenvalue weighted by atomic mass is 79.9. The summed E-state index contributed by atoms with van der Waals surface area (Å²) in [5.74, 6) is 0.297. The third-order valence-corrected chi connectivity index (χ3v) is 3.16. The van der Waals surface area contributed by atoms with Crippen LogP contribution in [0.1, 0.15) is 0 Å². The standard InChI is InChI=1S/C12H16BrN5O/c13-9-2-1-3-10(8-9)16-11(14)17-12(15)18-4-6-19-7-5-18/h1-3,8H,4-7H2,(H4,14,15,16,17). The number of anilines is 1. The zero-order valence-corrected chi connectivity index (χ0v) is 12.0. The van der Waals surface area contributed by atoms with Crippen molar-refractivity contribution in [2.75, 3.05) is 31.6 Å². The van der Waals surface area contributed by atoms with Gasteiger partial charge in [0.1, 0.15) is 0 Å². The normalized spacial score (nSPS) is 14.9. The molecule has 4 N–H and O–H groups in total. The number of guanidine groups is 2. The lowest BCUT2D eigenvalue weighted by atomic mass is 10.3. The van der Waals surface area contributed by atoms with Crippen LogP contribution in [0.2, 0.25) is 0 Å². The SMILES string of the molecule is N=C(NC(=N)N1CCOCC1)Nc1cccc(Br)c1. The molecule has 0 unspecified atom stereocenters. The van der Waals surface area contributed by atoms with E-state index in [9.17, 15) is 0 Å². The minimum absolute atomic E-state index is 0.0783. The summed E-state index contributed by atoms with van der Waals surface area (Å²) in [7, 11) is 0. The zero-order chi connectivity index (χ0) is 13.7. The Hall–Kier alpha value is -1.60. The molecule has 7 heteroatoms. The molecule has 0 saturated carbocycles. The van der Waals surface area contributed by atoms with E-state index < -0.39 is 0 Å². The van der Waals surface area contributed by atoms with Crippen LogP contribution >= 0.6 is 15.9 Å². The van der Waals surface area contributed by atoms with Gasteiger partial charge >= 0.3 is 0 Å². The van der Waals surface area contributed by atoms with Crippen molar-refractivity contribution in [2.24, 2.45) is 0 Å². The Morgan fingerprint density at radius 3 is 2.68 bits per heavy atom. The Balaban J connectivity index is 1.85. The predicted octanol–water partition coefficient (Wildman–Crippen LogP) is 1.65. The molecule has 0 bridgehead atoms. The van der Waals surface area contributed by atoms with Crippen molar-refractivity contribution in [3.8, 4) is 0 Å². The Kier molecular flexibility index (Phi) is 4.75. The van der Waals surface area contributed by atoms with E-state index in [2.05, 4.69) is 26.6 Å². The van der Waals surface area contributed by atoms with Crippen molar-refractivity contribution in [2.45, 2.75) is 0 Å². The molecule has 2 rings (SSSR count). The molecule has 6 nitrogen and oxygen atoms in total. The summed E-state index contributed by atoms with van der Waals surface area (Å²) < 4.78 is 6.16. The predicted molar refractivity (Wildman–Crippen MR) is 78.7 cm³/mol. The maximum Gasteiger partial charge on any atom is 0.199 e. The molecule has 1 aromatic rings. The number of morpholine rings is 1. The molecule has 1 heterocycles. The van der Waals surface area contributed by atoms with Crippen LogP contribution in [0, 0.1) is 10.8 Å². The van der Waals surface area contributed by atoms with E-state index in [0.717, 1.165) is 10.2 Å². The number of hydrogen-bond acceptors (Lipinski definition) is 3. The second-order valence-electron chi connectivity index (χ2n) is 4.08. The van der Waals surface area contributed by atoms with Gasteiger partial charge in [-0.2, -0.15) is 0 Å². The van der Waals surface area contributed by atoms with E-state index in [-0.39, 0.29) is 11.9 Å². The number of hydrogen-bond donors (Lipinski definition) is 4. The number of halogens is 1. The van der Waals surface area contributed by atoms with Crippen LogP contribution in [0.3, 0.4) is 0 Å². The van der Waals surface area contributed by atoms with Gasteiger partial charge in [0.05, 0.1) is 13.2 Å². The van der Waals surface area contributed by atoms with Crippen LogP contribution in [0.5, 0.6) is 0 Å². The van der Waals surface area contributed by atoms with Gasteiger partial charge in [-0.25, -0.2) is 0 Å². The van der Waals surface area contributed by atoms with E-state index in [4.69, 9.17) is 15.6 Å². The summed E-state index contributed by atoms with van der Waals surface area (Å²) in [6.45, 7) is 2.60. The molecule has 1 aliphatic heterocycles. The maximum absolute atomic E-state index is 7.89. The molecule has 0 spiro atoms. The van der Waals surface area contributed by atoms with Crippen molar-refractivity contribution >= 4 is 33.5 Å². The molecular weight excluding hydrogens is 310 g/mol. The second-order valence-corrected chi connectivity index (χ2v) is 5.00. The Labute approximate surface area is 120 Å². The summed E-state index contributed by atoms with van der Waals surface area (Å²) in [6, 6.07) is 7.53. The molecule has 19 heavy (non-hydrogen) atoms. The molecule has 0 aliphatic carbocycles. The fraction of sp³-hybridized carbons (Fsp3) is 0.333. The smallest absolute Gasteiger partial charge is 0.199 e. The number of rotatable bonds is 1. The summed E-state index contributed by atoms with van der Waals surface area (Å²) in [5, 5.41) is 21.3. The van der Waals surface area contributed by atoms with Gasteiger partial charge in [-0.1, -0.05) is 22.0 Å². The Morgan fingerprint density at radius 1 is 1.26 bits per heavy atom. The average molecular weight is 326 g/mol. The van der Waals surface area contributed by atoms with Crippen LogP contribution in [0.25, 0.3) is 0 Å². The van der Waals surface area contributed by atoms with Crippen molar-refractivity contribution in [3.05, 3.63) is 28.7 Å². The van der Waals surface area contributed by atoms with E-state index in [0.29, 0.717) is 26.3 Å². The van der Waals surface area contributed by atoms with Gasteiger partial charge in [0.25, 0.3) is 0 Å². The van der Waals surface area contributed by atoms with Crippen LogP contribution < -0.4 is 10.6 Å². The largest absolute Gasteiger partial charge is 0.378 e. The van der Waals surface area contributed by atoms with E-state index in [1.807, 2.05) is 29.2 Å². The summed E-state index contributed by atoms with van der Waals surface area (Å²) in [6.07, 6.45) is 0. The first kappa shape index (κ1) is 13.8. The van der Waals surface area contributed by atoms with Gasteiger partial charge in [0, 0.05) is 23.2 Å². The Morgan fingerprint density at radius 2 is 2.00 bits per heavy atom. The fourth-order valence-electron chi connectivity index (χ4n) is 1.73. The lowest BCUT2D eigenvalue weighted by Crippen LogP contribution is -2.49. The lowest BCUT2D eigenvalue weighted by Gasteiger charge is -2.29. The van der Waals surface area contributed by atoms with E-state index in [1.165, 1.54) is 0 Å². The maximum atomic E-state index is 7.89. The third kappa shape index (κ3) is 4.22. The number of benzene rings is 1. The second kappa shape index (κ2) is 6.53. The minimum atomic E-state index is 0.0783. The first-order valence-corrected chi connectivity index (χ1v) is 6.74. The quantitative estimate of drug-likeness (QED) is 0.467. The average Bonchev–Trinajstić information content (AvgIpc) is 2.39. The first-order chi connectivity index (χ1) is 9.15. The van der Waals surface area contributed by atoms with E-state index >= 15 is 0 Å². The monoisotopic (exact) mass is 325 g/mol. The summed E-state index contributed by atoms with van der Waals surface area (Å²) in [4.78, 5) is 1.85. The van der Waals surface area contributed by atoms with Crippen molar-refractivity contribution in [1.29, 1.82) is 10.8 Å². The fourth-order valence-corrected chi connectivity index (χ4v) is 2.13. The molecule has 1 aromatic carbocycles.